The summed E-state index contributed by atoms with van der Waals surface area (Å²) >= 11 is 1.47. The van der Waals surface area contributed by atoms with Crippen LogP contribution in [0.4, 0.5) is 4.79 Å². The molecular formula is C26H33N2O5S+. The van der Waals surface area contributed by atoms with Gasteiger partial charge in [0.15, 0.2) is 12.1 Å². The number of ether oxygens (including phenoxy) is 2. The predicted octanol–water partition coefficient (Wildman–Crippen LogP) is 4.35. The number of benzene rings is 1. The number of piperidine rings is 3. The van der Waals surface area contributed by atoms with Crippen LogP contribution in [0.2, 0.25) is 0 Å². The van der Waals surface area contributed by atoms with Crippen molar-refractivity contribution in [1.82, 2.24) is 5.32 Å². The molecule has 1 aromatic carbocycles. The van der Waals surface area contributed by atoms with E-state index in [1.807, 2.05) is 35.7 Å². The Kier molecular flexibility index (Phi) is 7.09. The topological polar surface area (TPSA) is 81.7 Å². The SMILES string of the molecule is CC(C)(C)OC(=O)NC(C(=O)O[C@H]1C[N+]2(CC(=O)c3cccs3)CCC1CC2)c1ccccc1. The third kappa shape index (κ3) is 5.85. The summed E-state index contributed by atoms with van der Waals surface area (Å²) in [6, 6.07) is 11.9. The average Bonchev–Trinajstić information content (AvgIpc) is 3.33. The van der Waals surface area contributed by atoms with E-state index >= 15 is 0 Å². The molecule has 34 heavy (non-hydrogen) atoms. The number of Topliss-reactive ketones (excluding diaryl/α,β-unsaturated/α-hetero) is 1. The molecule has 1 aromatic heterocycles. The highest BCUT2D eigenvalue weighted by Crippen LogP contribution is 2.36. The number of hydrogen-bond donors (Lipinski definition) is 1. The molecule has 8 heteroatoms. The Bertz CT molecular complexity index is 1010. The molecule has 2 bridgehead atoms. The highest BCUT2D eigenvalue weighted by atomic mass is 32.1. The number of fused-ring (bicyclic) bond motifs is 3. The summed E-state index contributed by atoms with van der Waals surface area (Å²) in [6.45, 7) is 8.23. The highest BCUT2D eigenvalue weighted by Gasteiger charge is 2.49. The van der Waals surface area contributed by atoms with Gasteiger partial charge in [-0.2, -0.15) is 0 Å². The molecule has 7 nitrogen and oxygen atoms in total. The van der Waals surface area contributed by atoms with Crippen LogP contribution < -0.4 is 5.32 Å². The number of ketones is 1. The second-order valence-electron chi connectivity index (χ2n) is 10.3. The van der Waals surface area contributed by atoms with Gasteiger partial charge in [0.25, 0.3) is 0 Å². The summed E-state index contributed by atoms with van der Waals surface area (Å²) in [5.74, 6) is -0.0773. The first-order valence-electron chi connectivity index (χ1n) is 11.8. The van der Waals surface area contributed by atoms with E-state index in [-0.39, 0.29) is 17.8 Å². The van der Waals surface area contributed by atoms with Crippen LogP contribution in [-0.2, 0) is 14.3 Å². The molecule has 182 valence electrons. The van der Waals surface area contributed by atoms with Gasteiger partial charge in [-0.3, -0.25) is 4.79 Å². The molecule has 0 radical (unpaired) electrons. The Morgan fingerprint density at radius 1 is 1.09 bits per heavy atom. The second-order valence-corrected chi connectivity index (χ2v) is 11.3. The van der Waals surface area contributed by atoms with Gasteiger partial charge in [-0.1, -0.05) is 36.4 Å². The van der Waals surface area contributed by atoms with E-state index in [1.54, 1.807) is 32.9 Å². The van der Waals surface area contributed by atoms with Crippen LogP contribution in [0.15, 0.2) is 47.8 Å². The van der Waals surface area contributed by atoms with E-state index in [0.717, 1.165) is 30.8 Å². The van der Waals surface area contributed by atoms with Crippen molar-refractivity contribution in [1.29, 1.82) is 0 Å². The second kappa shape index (κ2) is 9.88. The summed E-state index contributed by atoms with van der Waals surface area (Å²) in [5.41, 5.74) is -0.0483. The van der Waals surface area contributed by atoms with E-state index in [1.165, 1.54) is 11.3 Å². The summed E-state index contributed by atoms with van der Waals surface area (Å²) < 4.78 is 12.1. The summed E-state index contributed by atoms with van der Waals surface area (Å²) in [7, 11) is 0. The zero-order valence-corrected chi connectivity index (χ0v) is 20.8. The molecule has 0 saturated carbocycles. The molecule has 3 aliphatic heterocycles. The van der Waals surface area contributed by atoms with Crippen LogP contribution >= 0.6 is 11.3 Å². The van der Waals surface area contributed by atoms with Crippen LogP contribution in [0.3, 0.4) is 0 Å². The lowest BCUT2D eigenvalue weighted by molar-refractivity contribution is -0.938. The van der Waals surface area contributed by atoms with E-state index in [2.05, 4.69) is 5.32 Å². The quantitative estimate of drug-likeness (QED) is 0.358. The number of esters is 1. The van der Waals surface area contributed by atoms with Crippen LogP contribution in [0.5, 0.6) is 0 Å². The predicted molar refractivity (Wildman–Crippen MR) is 130 cm³/mol. The monoisotopic (exact) mass is 485 g/mol. The Balaban J connectivity index is 1.46. The molecule has 0 aliphatic carbocycles. The molecule has 1 amide bonds. The Labute approximate surface area is 204 Å². The van der Waals surface area contributed by atoms with Crippen LogP contribution in [0, 0.1) is 5.92 Å². The minimum Gasteiger partial charge on any atom is -0.454 e. The van der Waals surface area contributed by atoms with E-state index in [4.69, 9.17) is 9.47 Å². The number of carbonyl (C=O) groups is 3. The van der Waals surface area contributed by atoms with Crippen molar-refractivity contribution in [3.05, 3.63) is 58.3 Å². The lowest BCUT2D eigenvalue weighted by atomic mass is 9.83. The molecule has 1 unspecified atom stereocenters. The first-order valence-corrected chi connectivity index (χ1v) is 12.7. The maximum atomic E-state index is 13.3. The minimum absolute atomic E-state index is 0.147. The summed E-state index contributed by atoms with van der Waals surface area (Å²) in [6.07, 6.45) is 0.895. The van der Waals surface area contributed by atoms with Crippen molar-refractivity contribution < 1.29 is 28.3 Å². The number of carbonyl (C=O) groups excluding carboxylic acids is 3. The van der Waals surface area contributed by atoms with Crippen molar-refractivity contribution in [3.8, 4) is 0 Å². The van der Waals surface area contributed by atoms with Crippen LogP contribution in [0.25, 0.3) is 0 Å². The number of alkyl carbamates (subject to hydrolysis) is 1. The molecule has 3 saturated heterocycles. The van der Waals surface area contributed by atoms with E-state index in [0.29, 0.717) is 23.1 Å². The van der Waals surface area contributed by atoms with Gasteiger partial charge in [-0.15, -0.1) is 11.3 Å². The Morgan fingerprint density at radius 2 is 1.79 bits per heavy atom. The zero-order chi connectivity index (χ0) is 24.3. The van der Waals surface area contributed by atoms with Crippen molar-refractivity contribution in [2.45, 2.75) is 51.4 Å². The Hall–Kier alpha value is -2.71. The number of hydrogen-bond acceptors (Lipinski definition) is 6. The van der Waals surface area contributed by atoms with Crippen molar-refractivity contribution in [2.75, 3.05) is 26.2 Å². The maximum absolute atomic E-state index is 13.3. The summed E-state index contributed by atoms with van der Waals surface area (Å²) in [5, 5.41) is 4.61. The van der Waals surface area contributed by atoms with Crippen molar-refractivity contribution in [2.24, 2.45) is 5.92 Å². The lowest BCUT2D eigenvalue weighted by Gasteiger charge is -2.51. The third-order valence-electron chi connectivity index (χ3n) is 6.61. The van der Waals surface area contributed by atoms with Gasteiger partial charge in [-0.05, 0) is 37.8 Å². The van der Waals surface area contributed by atoms with Gasteiger partial charge in [0, 0.05) is 18.8 Å². The Morgan fingerprint density at radius 3 is 2.41 bits per heavy atom. The number of quaternary nitrogens is 1. The standard InChI is InChI=1S/C26H32N2O5S/c1-26(2,3)33-25(31)27-23(19-8-5-4-6-9-19)24(30)32-21-17-28(13-11-18(21)12-14-28)16-20(29)22-10-7-15-34-22/h4-10,15,18,21,23H,11-14,16-17H2,1-3H3/p+1/t18?,21-,23?,28?/m0/s1. The molecule has 3 aliphatic rings. The van der Waals surface area contributed by atoms with Crippen molar-refractivity contribution >= 4 is 29.2 Å². The minimum atomic E-state index is -0.965. The van der Waals surface area contributed by atoms with E-state index in [9.17, 15) is 14.4 Å². The lowest BCUT2D eigenvalue weighted by Crippen LogP contribution is -2.65. The molecule has 2 aromatic rings. The molecule has 2 atom stereocenters. The number of thiophene rings is 1. The fourth-order valence-electron chi connectivity index (χ4n) is 4.96. The molecule has 3 fully saturated rings. The molecule has 5 rings (SSSR count). The fraction of sp³-hybridized carbons (Fsp3) is 0.500. The fourth-order valence-corrected chi connectivity index (χ4v) is 5.62. The average molecular weight is 486 g/mol. The smallest absolute Gasteiger partial charge is 0.408 e. The number of nitrogens with one attached hydrogen (secondary N) is 1. The van der Waals surface area contributed by atoms with Gasteiger partial charge >= 0.3 is 12.1 Å². The van der Waals surface area contributed by atoms with E-state index < -0.39 is 23.7 Å². The largest absolute Gasteiger partial charge is 0.454 e. The zero-order valence-electron chi connectivity index (χ0n) is 20.0. The van der Waals surface area contributed by atoms with Crippen molar-refractivity contribution in [3.63, 3.8) is 0 Å². The molecule has 0 spiro atoms. The normalized spacial score (nSPS) is 24.8. The number of rotatable bonds is 7. The van der Waals surface area contributed by atoms with Gasteiger partial charge in [0.1, 0.15) is 18.7 Å². The first-order chi connectivity index (χ1) is 16.1. The van der Waals surface area contributed by atoms with Gasteiger partial charge < -0.3 is 19.3 Å². The third-order valence-corrected chi connectivity index (χ3v) is 7.52. The maximum Gasteiger partial charge on any atom is 0.408 e. The molecule has 4 heterocycles. The number of nitrogens with zero attached hydrogens (tertiary/aromatic N) is 1. The van der Waals surface area contributed by atoms with Gasteiger partial charge in [-0.25, -0.2) is 9.59 Å². The first kappa shape index (κ1) is 24.4. The van der Waals surface area contributed by atoms with Gasteiger partial charge in [0.05, 0.1) is 18.0 Å². The molecular weight excluding hydrogens is 452 g/mol. The van der Waals surface area contributed by atoms with Gasteiger partial charge in [0.2, 0.25) is 5.78 Å². The highest BCUT2D eigenvalue weighted by molar-refractivity contribution is 7.12. The number of amides is 1. The molecule has 1 N–H and O–H groups in total. The van der Waals surface area contributed by atoms with Crippen LogP contribution in [0.1, 0.15) is 54.9 Å². The van der Waals surface area contributed by atoms with Crippen LogP contribution in [-0.4, -0.2) is 60.2 Å². The summed E-state index contributed by atoms with van der Waals surface area (Å²) in [4.78, 5) is 39.4.